The lowest BCUT2D eigenvalue weighted by molar-refractivity contribution is 0.354. The van der Waals surface area contributed by atoms with Crippen molar-refractivity contribution < 1.29 is 9.47 Å². The maximum atomic E-state index is 6.01. The fourth-order valence-corrected chi connectivity index (χ4v) is 2.03. The Labute approximate surface area is 128 Å². The predicted molar refractivity (Wildman–Crippen MR) is 83.2 cm³/mol. The molecule has 0 atom stereocenters. The van der Waals surface area contributed by atoms with E-state index in [9.17, 15) is 0 Å². The van der Waals surface area contributed by atoms with Gasteiger partial charge in [-0.05, 0) is 24.1 Å². The zero-order chi connectivity index (χ0) is 15.2. The summed E-state index contributed by atoms with van der Waals surface area (Å²) < 4.78 is 10.5. The van der Waals surface area contributed by atoms with E-state index in [0.29, 0.717) is 28.9 Å². The average Bonchev–Trinajstić information content (AvgIpc) is 2.51. The van der Waals surface area contributed by atoms with E-state index in [0.717, 1.165) is 12.0 Å². The number of benzene rings is 1. The van der Waals surface area contributed by atoms with Crippen LogP contribution in [0.4, 0.5) is 11.6 Å². The molecule has 0 bridgehead atoms. The van der Waals surface area contributed by atoms with E-state index in [1.165, 1.54) is 6.33 Å². The van der Waals surface area contributed by atoms with Crippen molar-refractivity contribution in [3.8, 4) is 11.5 Å². The molecule has 0 spiro atoms. The average molecular weight is 309 g/mol. The van der Waals surface area contributed by atoms with Crippen LogP contribution in [0.2, 0.25) is 5.02 Å². The highest BCUT2D eigenvalue weighted by Crippen LogP contribution is 2.28. The number of hydrogen-bond acceptors (Lipinski definition) is 6. The first-order chi connectivity index (χ1) is 10.2. The van der Waals surface area contributed by atoms with Crippen molar-refractivity contribution in [2.24, 2.45) is 0 Å². The SMILES string of the molecule is COc1ccc(CCNc2ncnc(N)c2Cl)cc1OC. The fourth-order valence-electron chi connectivity index (χ4n) is 1.87. The minimum absolute atomic E-state index is 0.264. The van der Waals surface area contributed by atoms with Crippen molar-refractivity contribution in [2.45, 2.75) is 6.42 Å². The highest BCUT2D eigenvalue weighted by atomic mass is 35.5. The lowest BCUT2D eigenvalue weighted by Gasteiger charge is -2.11. The Hall–Kier alpha value is -2.21. The van der Waals surface area contributed by atoms with Gasteiger partial charge in [0.2, 0.25) is 0 Å². The van der Waals surface area contributed by atoms with Gasteiger partial charge in [0.05, 0.1) is 14.2 Å². The van der Waals surface area contributed by atoms with E-state index in [1.807, 2.05) is 18.2 Å². The molecule has 0 aliphatic heterocycles. The normalized spacial score (nSPS) is 10.2. The molecular formula is C14H17ClN4O2. The maximum absolute atomic E-state index is 6.01. The van der Waals surface area contributed by atoms with E-state index in [-0.39, 0.29) is 5.82 Å². The number of nitrogens with zero attached hydrogens (tertiary/aromatic N) is 2. The number of methoxy groups -OCH3 is 2. The Morgan fingerprint density at radius 1 is 1.19 bits per heavy atom. The highest BCUT2D eigenvalue weighted by Gasteiger charge is 2.07. The summed E-state index contributed by atoms with van der Waals surface area (Å²) in [5, 5.41) is 3.47. The number of nitrogens with two attached hydrogens (primary N) is 1. The van der Waals surface area contributed by atoms with Crippen LogP contribution in [0.3, 0.4) is 0 Å². The monoisotopic (exact) mass is 308 g/mol. The van der Waals surface area contributed by atoms with E-state index >= 15 is 0 Å². The second kappa shape index (κ2) is 6.99. The molecule has 0 aliphatic carbocycles. The molecule has 1 aromatic heterocycles. The molecule has 112 valence electrons. The molecule has 0 radical (unpaired) electrons. The minimum atomic E-state index is 0.264. The molecule has 21 heavy (non-hydrogen) atoms. The van der Waals surface area contributed by atoms with E-state index in [4.69, 9.17) is 26.8 Å². The molecule has 1 aromatic carbocycles. The van der Waals surface area contributed by atoms with Gasteiger partial charge in [0, 0.05) is 6.54 Å². The third-order valence-electron chi connectivity index (χ3n) is 2.97. The van der Waals surface area contributed by atoms with Crippen LogP contribution in [0, 0.1) is 0 Å². The van der Waals surface area contributed by atoms with Gasteiger partial charge in [-0.15, -0.1) is 0 Å². The Bertz CT molecular complexity index is 622. The van der Waals surface area contributed by atoms with Crippen molar-refractivity contribution >= 4 is 23.2 Å². The summed E-state index contributed by atoms with van der Waals surface area (Å²) >= 11 is 6.01. The van der Waals surface area contributed by atoms with Gasteiger partial charge >= 0.3 is 0 Å². The number of ether oxygens (including phenoxy) is 2. The molecule has 2 aromatic rings. The van der Waals surface area contributed by atoms with Crippen molar-refractivity contribution in [2.75, 3.05) is 31.8 Å². The Kier molecular flexibility index (Phi) is 5.05. The smallest absolute Gasteiger partial charge is 0.160 e. The third kappa shape index (κ3) is 3.66. The summed E-state index contributed by atoms with van der Waals surface area (Å²) in [6, 6.07) is 5.80. The van der Waals surface area contributed by atoms with Crippen LogP contribution >= 0.6 is 11.6 Å². The molecule has 0 saturated carbocycles. The second-order valence-corrected chi connectivity index (χ2v) is 4.67. The van der Waals surface area contributed by atoms with Gasteiger partial charge in [0.1, 0.15) is 23.0 Å². The number of anilines is 2. The van der Waals surface area contributed by atoms with Gasteiger partial charge in [0.25, 0.3) is 0 Å². The maximum Gasteiger partial charge on any atom is 0.160 e. The number of hydrogen-bond donors (Lipinski definition) is 2. The molecule has 0 amide bonds. The zero-order valence-corrected chi connectivity index (χ0v) is 12.6. The molecule has 3 N–H and O–H groups in total. The van der Waals surface area contributed by atoms with Crippen LogP contribution in [-0.4, -0.2) is 30.7 Å². The zero-order valence-electron chi connectivity index (χ0n) is 11.9. The lowest BCUT2D eigenvalue weighted by Crippen LogP contribution is -2.08. The first-order valence-corrected chi connectivity index (χ1v) is 6.74. The van der Waals surface area contributed by atoms with Gasteiger partial charge < -0.3 is 20.5 Å². The van der Waals surface area contributed by atoms with Crippen molar-refractivity contribution in [1.29, 1.82) is 0 Å². The first kappa shape index (κ1) is 15.2. The number of nitrogen functional groups attached to an aromatic ring is 1. The van der Waals surface area contributed by atoms with Crippen LogP contribution in [0.25, 0.3) is 0 Å². The molecule has 0 unspecified atom stereocenters. The number of nitrogens with one attached hydrogen (secondary N) is 1. The first-order valence-electron chi connectivity index (χ1n) is 6.36. The van der Waals surface area contributed by atoms with E-state index in [1.54, 1.807) is 14.2 Å². The summed E-state index contributed by atoms with van der Waals surface area (Å²) in [5.74, 6) is 2.21. The number of aromatic nitrogens is 2. The Morgan fingerprint density at radius 3 is 2.67 bits per heavy atom. The van der Waals surface area contributed by atoms with Gasteiger partial charge in [-0.3, -0.25) is 0 Å². The van der Waals surface area contributed by atoms with Gasteiger partial charge in [-0.2, -0.15) is 0 Å². The predicted octanol–water partition coefficient (Wildman–Crippen LogP) is 2.38. The van der Waals surface area contributed by atoms with Crippen LogP contribution in [-0.2, 0) is 6.42 Å². The summed E-state index contributed by atoms with van der Waals surface area (Å²) in [6.45, 7) is 0.658. The standard InChI is InChI=1S/C14H17ClN4O2/c1-20-10-4-3-9(7-11(10)21-2)5-6-17-14-12(15)13(16)18-8-19-14/h3-4,7-8H,5-6H2,1-2H3,(H3,16,17,18,19). The van der Waals surface area contributed by atoms with Crippen LogP contribution in [0.5, 0.6) is 11.5 Å². The fraction of sp³-hybridized carbons (Fsp3) is 0.286. The summed E-state index contributed by atoms with van der Waals surface area (Å²) in [4.78, 5) is 7.86. The number of halogens is 1. The van der Waals surface area contributed by atoms with Crippen molar-refractivity contribution in [1.82, 2.24) is 9.97 Å². The summed E-state index contributed by atoms with van der Waals surface area (Å²) in [7, 11) is 3.23. The highest BCUT2D eigenvalue weighted by molar-refractivity contribution is 6.35. The Morgan fingerprint density at radius 2 is 1.95 bits per heavy atom. The van der Waals surface area contributed by atoms with Gasteiger partial charge in [-0.25, -0.2) is 9.97 Å². The largest absolute Gasteiger partial charge is 0.493 e. The molecule has 0 aliphatic rings. The topological polar surface area (TPSA) is 82.3 Å². The van der Waals surface area contributed by atoms with E-state index in [2.05, 4.69) is 15.3 Å². The lowest BCUT2D eigenvalue weighted by atomic mass is 10.1. The Balaban J connectivity index is 1.99. The van der Waals surface area contributed by atoms with Gasteiger partial charge in [0.15, 0.2) is 11.5 Å². The molecular weight excluding hydrogens is 292 g/mol. The number of rotatable bonds is 6. The second-order valence-electron chi connectivity index (χ2n) is 4.29. The van der Waals surface area contributed by atoms with Crippen LogP contribution in [0.15, 0.2) is 24.5 Å². The minimum Gasteiger partial charge on any atom is -0.493 e. The molecule has 0 fully saturated rings. The van der Waals surface area contributed by atoms with Crippen molar-refractivity contribution in [3.05, 3.63) is 35.1 Å². The molecule has 6 nitrogen and oxygen atoms in total. The van der Waals surface area contributed by atoms with Crippen LogP contribution in [0.1, 0.15) is 5.56 Å². The van der Waals surface area contributed by atoms with E-state index < -0.39 is 0 Å². The summed E-state index contributed by atoms with van der Waals surface area (Å²) in [5.41, 5.74) is 6.73. The van der Waals surface area contributed by atoms with Crippen LogP contribution < -0.4 is 20.5 Å². The third-order valence-corrected chi connectivity index (χ3v) is 3.34. The molecule has 7 heteroatoms. The summed E-state index contributed by atoms with van der Waals surface area (Å²) in [6.07, 6.45) is 2.15. The molecule has 2 rings (SSSR count). The van der Waals surface area contributed by atoms with Crippen molar-refractivity contribution in [3.63, 3.8) is 0 Å². The quantitative estimate of drug-likeness (QED) is 0.852. The molecule has 0 saturated heterocycles. The van der Waals surface area contributed by atoms with Gasteiger partial charge in [-0.1, -0.05) is 17.7 Å². The molecule has 1 heterocycles.